The lowest BCUT2D eigenvalue weighted by Crippen LogP contribution is -2.34. The maximum atomic E-state index is 11.7. The number of hydrogen-bond donors (Lipinski definition) is 2. The molecule has 0 radical (unpaired) electrons. The molecule has 124 valence electrons. The molecule has 0 rings (SSSR count). The molecule has 0 saturated carbocycles. The van der Waals surface area contributed by atoms with Gasteiger partial charge in [-0.15, -0.1) is 0 Å². The van der Waals surface area contributed by atoms with Gasteiger partial charge in [0.15, 0.2) is 0 Å². The maximum Gasteiger partial charge on any atom is 0.303 e. The zero-order valence-electron chi connectivity index (χ0n) is 13.2. The summed E-state index contributed by atoms with van der Waals surface area (Å²) in [5, 5.41) is 11.4. The Hall–Kier alpha value is -1.15. The molecule has 7 nitrogen and oxygen atoms in total. The van der Waals surface area contributed by atoms with Gasteiger partial charge in [-0.1, -0.05) is 20.8 Å². The largest absolute Gasteiger partial charge is 0.481 e. The molecule has 8 heteroatoms. The summed E-state index contributed by atoms with van der Waals surface area (Å²) in [6.45, 7) is 6.33. The van der Waals surface area contributed by atoms with Crippen molar-refractivity contribution in [3.05, 3.63) is 0 Å². The van der Waals surface area contributed by atoms with Gasteiger partial charge in [0.2, 0.25) is 15.9 Å². The molecule has 0 fully saturated rings. The third kappa shape index (κ3) is 9.41. The highest BCUT2D eigenvalue weighted by Crippen LogP contribution is 2.24. The second-order valence-electron chi connectivity index (χ2n) is 5.87. The average Bonchev–Trinajstić information content (AvgIpc) is 2.24. The van der Waals surface area contributed by atoms with Gasteiger partial charge in [-0.3, -0.25) is 9.59 Å². The van der Waals surface area contributed by atoms with Gasteiger partial charge in [0.25, 0.3) is 0 Å². The van der Waals surface area contributed by atoms with Crippen LogP contribution >= 0.6 is 0 Å². The summed E-state index contributed by atoms with van der Waals surface area (Å²) in [6, 6.07) is 0. The number of hydrogen-bond acceptors (Lipinski definition) is 4. The quantitative estimate of drug-likeness (QED) is 0.575. The predicted molar refractivity (Wildman–Crippen MR) is 80.4 cm³/mol. The Kier molecular flexibility index (Phi) is 7.87. The van der Waals surface area contributed by atoms with Gasteiger partial charge in [-0.2, -0.15) is 0 Å². The number of nitrogens with one attached hydrogen (secondary N) is 1. The van der Waals surface area contributed by atoms with E-state index in [4.69, 9.17) is 5.11 Å². The minimum atomic E-state index is -3.20. The number of carboxylic acids is 1. The van der Waals surface area contributed by atoms with Crippen LogP contribution in [0, 0.1) is 5.41 Å². The number of carboxylic acid groups (broad SMARTS) is 1. The van der Waals surface area contributed by atoms with Crippen molar-refractivity contribution in [3.8, 4) is 0 Å². The molecule has 0 spiro atoms. The number of aliphatic carboxylic acids is 1. The van der Waals surface area contributed by atoms with Gasteiger partial charge >= 0.3 is 5.97 Å². The van der Waals surface area contributed by atoms with E-state index >= 15 is 0 Å². The Balaban J connectivity index is 4.08. The van der Waals surface area contributed by atoms with Crippen molar-refractivity contribution in [1.29, 1.82) is 0 Å². The van der Waals surface area contributed by atoms with Crippen LogP contribution < -0.4 is 5.32 Å². The highest BCUT2D eigenvalue weighted by molar-refractivity contribution is 7.88. The number of nitrogens with zero attached hydrogens (tertiary/aromatic N) is 1. The molecule has 0 unspecified atom stereocenters. The Morgan fingerprint density at radius 3 is 2.24 bits per heavy atom. The van der Waals surface area contributed by atoms with E-state index in [0.29, 0.717) is 26.1 Å². The minimum absolute atomic E-state index is 0.0713. The number of carbonyl (C=O) groups excluding carboxylic acids is 1. The Bertz CT molecular complexity index is 459. The molecule has 0 aromatic heterocycles. The molecule has 0 heterocycles. The summed E-state index contributed by atoms with van der Waals surface area (Å²) >= 11 is 0. The van der Waals surface area contributed by atoms with Crippen LogP contribution in [0.1, 0.15) is 40.0 Å². The van der Waals surface area contributed by atoms with Gasteiger partial charge in [-0.05, 0) is 11.8 Å². The molecule has 2 N–H and O–H groups in total. The Morgan fingerprint density at radius 1 is 1.24 bits per heavy atom. The molecule has 0 aliphatic carbocycles. The van der Waals surface area contributed by atoms with Crippen LogP contribution in [0.3, 0.4) is 0 Å². The van der Waals surface area contributed by atoms with Crippen molar-refractivity contribution >= 4 is 21.9 Å². The summed E-state index contributed by atoms with van der Waals surface area (Å²) in [5.41, 5.74) is -0.599. The molecule has 0 saturated heterocycles. The highest BCUT2D eigenvalue weighted by atomic mass is 32.2. The van der Waals surface area contributed by atoms with E-state index in [1.165, 1.54) is 4.31 Å². The van der Waals surface area contributed by atoms with E-state index in [2.05, 4.69) is 5.32 Å². The predicted octanol–water partition coefficient (Wildman–Crippen LogP) is 0.665. The van der Waals surface area contributed by atoms with Gasteiger partial charge in [0, 0.05) is 26.1 Å². The lowest BCUT2D eigenvalue weighted by Gasteiger charge is -2.22. The highest BCUT2D eigenvalue weighted by Gasteiger charge is 2.25. The molecular weight excluding hydrogens is 296 g/mol. The average molecular weight is 322 g/mol. The number of sulfonamides is 1. The standard InChI is InChI=1S/C13H26N2O5S/c1-5-15(21(4,19)20)8-6-7-14-11(16)9-13(2,3)10-12(17)18/h5-10H2,1-4H3,(H,14,16)(H,17,18). The first-order valence-corrected chi connectivity index (χ1v) is 8.76. The van der Waals surface area contributed by atoms with Crippen LogP contribution in [-0.4, -0.2) is 55.6 Å². The van der Waals surface area contributed by atoms with Crippen LogP contribution in [0.15, 0.2) is 0 Å². The van der Waals surface area contributed by atoms with Crippen molar-refractivity contribution in [2.45, 2.75) is 40.0 Å². The molecule has 0 aliphatic heterocycles. The smallest absolute Gasteiger partial charge is 0.303 e. The zero-order valence-corrected chi connectivity index (χ0v) is 14.0. The van der Waals surface area contributed by atoms with E-state index in [1.807, 2.05) is 0 Å². The molecule has 0 aliphatic rings. The Labute approximate surface area is 126 Å². The van der Waals surface area contributed by atoms with Crippen LogP contribution in [-0.2, 0) is 19.6 Å². The second kappa shape index (κ2) is 8.33. The minimum Gasteiger partial charge on any atom is -0.481 e. The van der Waals surface area contributed by atoms with E-state index in [-0.39, 0.29) is 18.7 Å². The monoisotopic (exact) mass is 322 g/mol. The first-order valence-electron chi connectivity index (χ1n) is 6.91. The van der Waals surface area contributed by atoms with Crippen molar-refractivity contribution < 1.29 is 23.1 Å². The van der Waals surface area contributed by atoms with Crippen molar-refractivity contribution in [1.82, 2.24) is 9.62 Å². The van der Waals surface area contributed by atoms with E-state index in [0.717, 1.165) is 6.26 Å². The number of amides is 1. The molecular formula is C13H26N2O5S. The number of carbonyl (C=O) groups is 2. The molecule has 1 amide bonds. The summed E-state index contributed by atoms with van der Waals surface area (Å²) in [5.74, 6) is -1.15. The van der Waals surface area contributed by atoms with Crippen LogP contribution in [0.25, 0.3) is 0 Å². The molecule has 0 aromatic carbocycles. The topological polar surface area (TPSA) is 104 Å². The molecule has 0 bridgehead atoms. The van der Waals surface area contributed by atoms with Gasteiger partial charge in [-0.25, -0.2) is 12.7 Å². The SMILES string of the molecule is CCN(CCCNC(=O)CC(C)(C)CC(=O)O)S(C)(=O)=O. The second-order valence-corrected chi connectivity index (χ2v) is 7.85. The Morgan fingerprint density at radius 2 is 1.81 bits per heavy atom. The normalized spacial score (nSPS) is 12.4. The third-order valence-corrected chi connectivity index (χ3v) is 4.38. The maximum absolute atomic E-state index is 11.7. The summed E-state index contributed by atoms with van der Waals surface area (Å²) in [7, 11) is -3.20. The van der Waals surface area contributed by atoms with E-state index in [9.17, 15) is 18.0 Å². The van der Waals surface area contributed by atoms with Crippen molar-refractivity contribution in [2.75, 3.05) is 25.9 Å². The van der Waals surface area contributed by atoms with Crippen molar-refractivity contribution in [3.63, 3.8) is 0 Å². The van der Waals surface area contributed by atoms with Crippen LogP contribution in [0.2, 0.25) is 0 Å². The third-order valence-electron chi connectivity index (χ3n) is 3.00. The number of rotatable bonds is 10. The fourth-order valence-corrected chi connectivity index (χ4v) is 2.94. The lowest BCUT2D eigenvalue weighted by molar-refractivity contribution is -0.139. The molecule has 21 heavy (non-hydrogen) atoms. The fraction of sp³-hybridized carbons (Fsp3) is 0.846. The summed E-state index contributed by atoms with van der Waals surface area (Å²) in [4.78, 5) is 22.4. The molecule has 0 aromatic rings. The van der Waals surface area contributed by atoms with Crippen molar-refractivity contribution in [2.24, 2.45) is 5.41 Å². The zero-order chi connectivity index (χ0) is 16.7. The summed E-state index contributed by atoms with van der Waals surface area (Å²) in [6.07, 6.45) is 1.73. The summed E-state index contributed by atoms with van der Waals surface area (Å²) < 4.78 is 24.1. The fourth-order valence-electron chi connectivity index (χ4n) is 2.01. The van der Waals surface area contributed by atoms with Crippen LogP contribution in [0.5, 0.6) is 0 Å². The van der Waals surface area contributed by atoms with Gasteiger partial charge in [0.1, 0.15) is 0 Å². The van der Waals surface area contributed by atoms with Gasteiger partial charge < -0.3 is 10.4 Å². The van der Waals surface area contributed by atoms with E-state index < -0.39 is 21.4 Å². The van der Waals surface area contributed by atoms with Crippen LogP contribution in [0.4, 0.5) is 0 Å². The van der Waals surface area contributed by atoms with E-state index in [1.54, 1.807) is 20.8 Å². The lowest BCUT2D eigenvalue weighted by atomic mass is 9.85. The first-order chi connectivity index (χ1) is 9.48. The van der Waals surface area contributed by atoms with Gasteiger partial charge in [0.05, 0.1) is 12.7 Å². The molecule has 0 atom stereocenters. The first kappa shape index (κ1) is 19.9.